The van der Waals surface area contributed by atoms with Crippen LogP contribution in [0.5, 0.6) is 0 Å². The van der Waals surface area contributed by atoms with Crippen molar-refractivity contribution in [3.05, 3.63) is 35.4 Å². The standard InChI is InChI=1S/C19H27N3O2/c1-14(2)11-18(23)22-13-16-6-4-3-5-15(16)12-17(22)19(24)21-9-7-20-8-10-21/h3-6,14,17,20H,7-13H2,1-2H3. The van der Waals surface area contributed by atoms with E-state index in [0.717, 1.165) is 26.2 Å². The van der Waals surface area contributed by atoms with Gasteiger partial charge in [0.05, 0.1) is 0 Å². The highest BCUT2D eigenvalue weighted by molar-refractivity contribution is 5.88. The Kier molecular flexibility index (Phi) is 5.19. The van der Waals surface area contributed by atoms with Gasteiger partial charge >= 0.3 is 0 Å². The van der Waals surface area contributed by atoms with E-state index in [-0.39, 0.29) is 17.9 Å². The normalized spacial score (nSPS) is 20.9. The number of hydrogen-bond donors (Lipinski definition) is 1. The smallest absolute Gasteiger partial charge is 0.245 e. The van der Waals surface area contributed by atoms with Gasteiger partial charge in [-0.3, -0.25) is 9.59 Å². The monoisotopic (exact) mass is 329 g/mol. The average molecular weight is 329 g/mol. The van der Waals surface area contributed by atoms with Crippen molar-refractivity contribution in [2.24, 2.45) is 5.92 Å². The molecule has 2 aliphatic rings. The lowest BCUT2D eigenvalue weighted by Gasteiger charge is -2.40. The Morgan fingerprint density at radius 3 is 2.50 bits per heavy atom. The molecule has 3 rings (SSSR count). The van der Waals surface area contributed by atoms with Gasteiger partial charge in [-0.25, -0.2) is 0 Å². The minimum Gasteiger partial charge on any atom is -0.338 e. The second-order valence-electron chi connectivity index (χ2n) is 7.18. The highest BCUT2D eigenvalue weighted by Crippen LogP contribution is 2.26. The van der Waals surface area contributed by atoms with E-state index in [1.54, 1.807) is 0 Å². The minimum absolute atomic E-state index is 0.0907. The van der Waals surface area contributed by atoms with Gasteiger partial charge in [-0.15, -0.1) is 0 Å². The first-order valence-electron chi connectivity index (χ1n) is 8.92. The Bertz CT molecular complexity index is 608. The second kappa shape index (κ2) is 7.34. The third-order valence-corrected chi connectivity index (χ3v) is 4.87. The number of carbonyl (C=O) groups excluding carboxylic acids is 2. The van der Waals surface area contributed by atoms with Gasteiger partial charge in [0.15, 0.2) is 0 Å². The highest BCUT2D eigenvalue weighted by Gasteiger charge is 2.36. The fourth-order valence-electron chi connectivity index (χ4n) is 3.57. The van der Waals surface area contributed by atoms with Crippen molar-refractivity contribution < 1.29 is 9.59 Å². The molecule has 0 saturated carbocycles. The third-order valence-electron chi connectivity index (χ3n) is 4.87. The molecule has 2 aliphatic heterocycles. The van der Waals surface area contributed by atoms with Crippen LogP contribution in [0.1, 0.15) is 31.4 Å². The van der Waals surface area contributed by atoms with Crippen LogP contribution < -0.4 is 5.32 Å². The van der Waals surface area contributed by atoms with Gasteiger partial charge < -0.3 is 15.1 Å². The van der Waals surface area contributed by atoms with Crippen molar-refractivity contribution in [1.29, 1.82) is 0 Å². The van der Waals surface area contributed by atoms with Crippen LogP contribution in [0.3, 0.4) is 0 Å². The molecule has 24 heavy (non-hydrogen) atoms. The maximum Gasteiger partial charge on any atom is 0.245 e. The number of nitrogens with zero attached hydrogens (tertiary/aromatic N) is 2. The fraction of sp³-hybridized carbons (Fsp3) is 0.579. The minimum atomic E-state index is -0.357. The van der Waals surface area contributed by atoms with Gasteiger partial charge in [-0.05, 0) is 17.0 Å². The van der Waals surface area contributed by atoms with Gasteiger partial charge in [0.1, 0.15) is 6.04 Å². The van der Waals surface area contributed by atoms with Crippen molar-refractivity contribution >= 4 is 11.8 Å². The van der Waals surface area contributed by atoms with E-state index < -0.39 is 0 Å². The summed E-state index contributed by atoms with van der Waals surface area (Å²) in [6.07, 6.45) is 1.12. The van der Waals surface area contributed by atoms with Crippen LogP contribution >= 0.6 is 0 Å². The van der Waals surface area contributed by atoms with E-state index in [1.807, 2.05) is 35.8 Å². The zero-order chi connectivity index (χ0) is 17.1. The van der Waals surface area contributed by atoms with E-state index in [2.05, 4.69) is 17.4 Å². The molecular formula is C19H27N3O2. The molecule has 1 N–H and O–H groups in total. The Labute approximate surface area is 144 Å². The lowest BCUT2D eigenvalue weighted by atomic mass is 9.92. The SMILES string of the molecule is CC(C)CC(=O)N1Cc2ccccc2CC1C(=O)N1CCNCC1. The van der Waals surface area contributed by atoms with E-state index in [0.29, 0.717) is 25.3 Å². The molecule has 1 aromatic carbocycles. The van der Waals surface area contributed by atoms with Crippen LogP contribution in [-0.2, 0) is 22.6 Å². The summed E-state index contributed by atoms with van der Waals surface area (Å²) in [5.74, 6) is 0.487. The van der Waals surface area contributed by atoms with Crippen molar-refractivity contribution in [3.63, 3.8) is 0 Å². The summed E-state index contributed by atoms with van der Waals surface area (Å²) in [6.45, 7) is 7.74. The molecule has 0 radical (unpaired) electrons. The Morgan fingerprint density at radius 1 is 1.17 bits per heavy atom. The van der Waals surface area contributed by atoms with Crippen LogP contribution in [0.2, 0.25) is 0 Å². The first-order valence-corrected chi connectivity index (χ1v) is 8.92. The number of piperazine rings is 1. The topological polar surface area (TPSA) is 52.7 Å². The molecule has 0 bridgehead atoms. The fourth-order valence-corrected chi connectivity index (χ4v) is 3.57. The predicted octanol–water partition coefficient (Wildman–Crippen LogP) is 1.42. The number of benzene rings is 1. The molecule has 1 unspecified atom stereocenters. The van der Waals surface area contributed by atoms with Crippen LogP contribution in [0.25, 0.3) is 0 Å². The summed E-state index contributed by atoms with van der Waals surface area (Å²) in [6, 6.07) is 7.80. The number of fused-ring (bicyclic) bond motifs is 1. The van der Waals surface area contributed by atoms with Crippen LogP contribution in [0, 0.1) is 5.92 Å². The van der Waals surface area contributed by atoms with E-state index in [1.165, 1.54) is 11.1 Å². The summed E-state index contributed by atoms with van der Waals surface area (Å²) in [7, 11) is 0. The molecule has 1 fully saturated rings. The molecule has 130 valence electrons. The molecule has 0 aromatic heterocycles. The van der Waals surface area contributed by atoms with Crippen molar-refractivity contribution in [2.75, 3.05) is 26.2 Å². The number of hydrogen-bond acceptors (Lipinski definition) is 3. The van der Waals surface area contributed by atoms with E-state index >= 15 is 0 Å². The molecule has 2 amide bonds. The van der Waals surface area contributed by atoms with E-state index in [9.17, 15) is 9.59 Å². The van der Waals surface area contributed by atoms with Gasteiger partial charge in [-0.1, -0.05) is 38.1 Å². The number of amides is 2. The second-order valence-corrected chi connectivity index (χ2v) is 7.18. The lowest BCUT2D eigenvalue weighted by Crippen LogP contribution is -2.57. The largest absolute Gasteiger partial charge is 0.338 e. The molecule has 0 spiro atoms. The first-order chi connectivity index (χ1) is 11.6. The van der Waals surface area contributed by atoms with Gasteiger partial charge in [0, 0.05) is 45.6 Å². The molecule has 2 heterocycles. The Hall–Kier alpha value is -1.88. The van der Waals surface area contributed by atoms with Crippen molar-refractivity contribution in [3.8, 4) is 0 Å². The summed E-state index contributed by atoms with van der Waals surface area (Å²) < 4.78 is 0. The Balaban J connectivity index is 1.84. The lowest BCUT2D eigenvalue weighted by molar-refractivity contribution is -0.147. The molecule has 1 atom stereocenters. The summed E-state index contributed by atoms with van der Waals surface area (Å²) in [5.41, 5.74) is 2.36. The molecule has 5 heteroatoms. The third kappa shape index (κ3) is 3.61. The maximum absolute atomic E-state index is 13.1. The van der Waals surface area contributed by atoms with E-state index in [4.69, 9.17) is 0 Å². The van der Waals surface area contributed by atoms with Gasteiger partial charge in [0.25, 0.3) is 0 Å². The van der Waals surface area contributed by atoms with Crippen molar-refractivity contribution in [1.82, 2.24) is 15.1 Å². The summed E-state index contributed by atoms with van der Waals surface area (Å²) >= 11 is 0. The zero-order valence-corrected chi connectivity index (χ0v) is 14.6. The molecule has 1 saturated heterocycles. The molecule has 0 aliphatic carbocycles. The molecule has 5 nitrogen and oxygen atoms in total. The van der Waals surface area contributed by atoms with Crippen LogP contribution in [0.4, 0.5) is 0 Å². The maximum atomic E-state index is 13.1. The zero-order valence-electron chi connectivity index (χ0n) is 14.6. The Morgan fingerprint density at radius 2 is 1.83 bits per heavy atom. The molecular weight excluding hydrogens is 302 g/mol. The average Bonchev–Trinajstić information content (AvgIpc) is 2.60. The highest BCUT2D eigenvalue weighted by atomic mass is 16.2. The van der Waals surface area contributed by atoms with Crippen LogP contribution in [0.15, 0.2) is 24.3 Å². The quantitative estimate of drug-likeness (QED) is 0.912. The number of nitrogens with one attached hydrogen (secondary N) is 1. The number of rotatable bonds is 3. The molecule has 1 aromatic rings. The summed E-state index contributed by atoms with van der Waals surface area (Å²) in [4.78, 5) is 29.5. The predicted molar refractivity (Wildman–Crippen MR) is 93.4 cm³/mol. The van der Waals surface area contributed by atoms with Crippen molar-refractivity contribution in [2.45, 2.75) is 39.3 Å². The first kappa shape index (κ1) is 17.0. The number of carbonyl (C=O) groups is 2. The van der Waals surface area contributed by atoms with Crippen LogP contribution in [-0.4, -0.2) is 53.8 Å². The summed E-state index contributed by atoms with van der Waals surface area (Å²) in [5, 5.41) is 3.27. The van der Waals surface area contributed by atoms with Gasteiger partial charge in [-0.2, -0.15) is 0 Å². The van der Waals surface area contributed by atoms with Gasteiger partial charge in [0.2, 0.25) is 11.8 Å².